The molecular formula is C18H17N3OS. The van der Waals surface area contributed by atoms with Gasteiger partial charge in [0.2, 0.25) is 5.91 Å². The molecule has 1 saturated heterocycles. The second-order valence-corrected chi connectivity index (χ2v) is 6.58. The zero-order valence-electron chi connectivity index (χ0n) is 12.7. The number of hydrogen-bond acceptors (Lipinski definition) is 4. The Kier molecular flexibility index (Phi) is 3.71. The van der Waals surface area contributed by atoms with E-state index in [1.807, 2.05) is 35.4 Å². The van der Waals surface area contributed by atoms with Crippen molar-refractivity contribution in [2.75, 3.05) is 16.8 Å². The lowest BCUT2D eigenvalue weighted by atomic mass is 10.2. The van der Waals surface area contributed by atoms with Crippen molar-refractivity contribution < 1.29 is 4.79 Å². The van der Waals surface area contributed by atoms with Crippen LogP contribution < -0.4 is 10.2 Å². The van der Waals surface area contributed by atoms with Crippen LogP contribution in [-0.2, 0) is 11.3 Å². The van der Waals surface area contributed by atoms with Crippen LogP contribution in [0.5, 0.6) is 0 Å². The van der Waals surface area contributed by atoms with Crippen molar-refractivity contribution in [3.63, 3.8) is 0 Å². The first kappa shape index (κ1) is 14.2. The Morgan fingerprint density at radius 3 is 2.83 bits per heavy atom. The van der Waals surface area contributed by atoms with Gasteiger partial charge in [-0.25, -0.2) is 0 Å². The highest BCUT2D eigenvalue weighted by atomic mass is 32.1. The lowest BCUT2D eigenvalue weighted by molar-refractivity contribution is -0.117. The lowest BCUT2D eigenvalue weighted by Gasteiger charge is -2.16. The zero-order chi connectivity index (χ0) is 15.6. The van der Waals surface area contributed by atoms with Crippen LogP contribution in [0.15, 0.2) is 48.0 Å². The molecule has 1 fully saturated rings. The number of hydrogen-bond donors (Lipinski definition) is 1. The maximum Gasteiger partial charge on any atom is 0.227 e. The van der Waals surface area contributed by atoms with Crippen molar-refractivity contribution in [3.8, 4) is 0 Å². The van der Waals surface area contributed by atoms with Crippen molar-refractivity contribution in [1.29, 1.82) is 0 Å². The number of fused-ring (bicyclic) bond motifs is 1. The summed E-state index contributed by atoms with van der Waals surface area (Å²) in [6.45, 7) is 1.59. The van der Waals surface area contributed by atoms with E-state index < -0.39 is 0 Å². The fourth-order valence-electron chi connectivity index (χ4n) is 2.92. The predicted octanol–water partition coefficient (Wildman–Crippen LogP) is 4.04. The van der Waals surface area contributed by atoms with Crippen molar-refractivity contribution in [3.05, 3.63) is 53.5 Å². The van der Waals surface area contributed by atoms with Gasteiger partial charge >= 0.3 is 0 Å². The van der Waals surface area contributed by atoms with E-state index in [2.05, 4.69) is 27.8 Å². The third-order valence-electron chi connectivity index (χ3n) is 4.15. The van der Waals surface area contributed by atoms with Crippen molar-refractivity contribution in [2.24, 2.45) is 0 Å². The van der Waals surface area contributed by atoms with Crippen LogP contribution in [0.3, 0.4) is 0 Å². The lowest BCUT2D eigenvalue weighted by Crippen LogP contribution is -2.23. The fourth-order valence-corrected chi connectivity index (χ4v) is 3.77. The molecule has 1 aromatic carbocycles. The van der Waals surface area contributed by atoms with Crippen LogP contribution in [0.4, 0.5) is 11.4 Å². The molecule has 0 unspecified atom stereocenters. The highest BCUT2D eigenvalue weighted by Gasteiger charge is 2.21. The molecule has 1 aliphatic rings. The number of carbonyl (C=O) groups is 1. The summed E-state index contributed by atoms with van der Waals surface area (Å²) in [6.07, 6.45) is 3.46. The SMILES string of the molecule is O=C1CCCN1c1ccc(CNc2ccnc3ccsc23)cc1. The molecule has 4 rings (SSSR count). The molecule has 5 heteroatoms. The number of anilines is 2. The summed E-state index contributed by atoms with van der Waals surface area (Å²) in [5.41, 5.74) is 4.34. The van der Waals surface area contributed by atoms with Crippen LogP contribution in [0, 0.1) is 0 Å². The minimum Gasteiger partial charge on any atom is -0.380 e. The fraction of sp³-hybridized carbons (Fsp3) is 0.222. The minimum absolute atomic E-state index is 0.229. The number of thiophene rings is 1. The van der Waals surface area contributed by atoms with Gasteiger partial charge < -0.3 is 10.2 Å². The van der Waals surface area contributed by atoms with E-state index in [9.17, 15) is 4.79 Å². The monoisotopic (exact) mass is 323 g/mol. The smallest absolute Gasteiger partial charge is 0.227 e. The van der Waals surface area contributed by atoms with Gasteiger partial charge in [0, 0.05) is 31.4 Å². The Morgan fingerprint density at radius 2 is 2.04 bits per heavy atom. The van der Waals surface area contributed by atoms with Gasteiger partial charge in [-0.05, 0) is 41.6 Å². The van der Waals surface area contributed by atoms with Crippen LogP contribution in [-0.4, -0.2) is 17.4 Å². The number of rotatable bonds is 4. The zero-order valence-corrected chi connectivity index (χ0v) is 13.5. The molecule has 4 nitrogen and oxygen atoms in total. The maximum atomic E-state index is 11.8. The Hall–Kier alpha value is -2.40. The molecule has 0 spiro atoms. The number of amides is 1. The Morgan fingerprint density at radius 1 is 1.17 bits per heavy atom. The number of benzene rings is 1. The summed E-state index contributed by atoms with van der Waals surface area (Å²) < 4.78 is 1.19. The molecule has 23 heavy (non-hydrogen) atoms. The van der Waals surface area contributed by atoms with Crippen LogP contribution in [0.25, 0.3) is 10.2 Å². The third kappa shape index (κ3) is 2.80. The summed E-state index contributed by atoms with van der Waals surface area (Å²) in [7, 11) is 0. The minimum atomic E-state index is 0.229. The Labute approximate surface area is 138 Å². The van der Waals surface area contributed by atoms with Gasteiger partial charge in [0.1, 0.15) is 0 Å². The van der Waals surface area contributed by atoms with E-state index in [1.165, 1.54) is 10.3 Å². The standard InChI is InChI=1S/C18H17N3OS/c22-17-2-1-10-21(17)14-5-3-13(4-6-14)12-20-15-7-9-19-16-8-11-23-18(15)16/h3-9,11H,1-2,10,12H2,(H,19,20). The van der Waals surface area contributed by atoms with Crippen LogP contribution in [0.1, 0.15) is 18.4 Å². The normalized spacial score (nSPS) is 14.6. The Balaban J connectivity index is 1.47. The maximum absolute atomic E-state index is 11.8. The highest BCUT2D eigenvalue weighted by Crippen LogP contribution is 2.27. The molecule has 1 N–H and O–H groups in total. The molecule has 0 saturated carbocycles. The van der Waals surface area contributed by atoms with Gasteiger partial charge in [-0.3, -0.25) is 9.78 Å². The summed E-state index contributed by atoms with van der Waals surface area (Å²) in [4.78, 5) is 18.0. The number of nitrogens with one attached hydrogen (secondary N) is 1. The second-order valence-electron chi connectivity index (χ2n) is 5.66. The van der Waals surface area contributed by atoms with Gasteiger partial charge in [0.25, 0.3) is 0 Å². The van der Waals surface area contributed by atoms with Gasteiger partial charge in [0.15, 0.2) is 0 Å². The largest absolute Gasteiger partial charge is 0.380 e. The molecule has 2 aromatic heterocycles. The average molecular weight is 323 g/mol. The molecule has 0 radical (unpaired) electrons. The van der Waals surface area contributed by atoms with E-state index in [4.69, 9.17) is 0 Å². The van der Waals surface area contributed by atoms with E-state index in [0.29, 0.717) is 6.42 Å². The van der Waals surface area contributed by atoms with Gasteiger partial charge in [-0.2, -0.15) is 0 Å². The van der Waals surface area contributed by atoms with Gasteiger partial charge in [-0.1, -0.05) is 12.1 Å². The van der Waals surface area contributed by atoms with Crippen LogP contribution >= 0.6 is 11.3 Å². The summed E-state index contributed by atoms with van der Waals surface area (Å²) >= 11 is 1.70. The summed E-state index contributed by atoms with van der Waals surface area (Å²) in [5.74, 6) is 0.229. The quantitative estimate of drug-likeness (QED) is 0.788. The van der Waals surface area contributed by atoms with Crippen molar-refractivity contribution in [1.82, 2.24) is 4.98 Å². The highest BCUT2D eigenvalue weighted by molar-refractivity contribution is 7.17. The first-order valence-electron chi connectivity index (χ1n) is 7.77. The Bertz CT molecular complexity index is 841. The number of carbonyl (C=O) groups excluding carboxylic acids is 1. The molecule has 0 aliphatic carbocycles. The molecule has 0 bridgehead atoms. The first-order chi connectivity index (χ1) is 11.3. The van der Waals surface area contributed by atoms with E-state index in [1.54, 1.807) is 11.3 Å². The predicted molar refractivity (Wildman–Crippen MR) is 95.0 cm³/mol. The molecule has 116 valence electrons. The molecule has 1 aliphatic heterocycles. The topological polar surface area (TPSA) is 45.2 Å². The average Bonchev–Trinajstić information content (AvgIpc) is 3.22. The van der Waals surface area contributed by atoms with Crippen LogP contribution in [0.2, 0.25) is 0 Å². The third-order valence-corrected chi connectivity index (χ3v) is 5.09. The van der Waals surface area contributed by atoms with E-state index >= 15 is 0 Å². The molecule has 3 heterocycles. The second kappa shape index (κ2) is 6.01. The van der Waals surface area contributed by atoms with Gasteiger partial charge in [0.05, 0.1) is 15.9 Å². The van der Waals surface area contributed by atoms with E-state index in [0.717, 1.165) is 36.4 Å². The van der Waals surface area contributed by atoms with Crippen molar-refractivity contribution in [2.45, 2.75) is 19.4 Å². The molecule has 3 aromatic rings. The first-order valence-corrected chi connectivity index (χ1v) is 8.64. The number of pyridine rings is 1. The van der Waals surface area contributed by atoms with Crippen molar-refractivity contribution >= 4 is 38.8 Å². The molecule has 1 amide bonds. The van der Waals surface area contributed by atoms with E-state index in [-0.39, 0.29) is 5.91 Å². The summed E-state index contributed by atoms with van der Waals surface area (Å²) in [5, 5.41) is 5.54. The number of aromatic nitrogens is 1. The molecular weight excluding hydrogens is 306 g/mol. The number of nitrogens with zero attached hydrogens (tertiary/aromatic N) is 2. The molecule has 0 atom stereocenters. The summed E-state index contributed by atoms with van der Waals surface area (Å²) in [6, 6.07) is 12.3. The van der Waals surface area contributed by atoms with Gasteiger partial charge in [-0.15, -0.1) is 11.3 Å².